The van der Waals surface area contributed by atoms with Gasteiger partial charge in [-0.3, -0.25) is 0 Å². The third-order valence-corrected chi connectivity index (χ3v) is 0. The van der Waals surface area contributed by atoms with Crippen molar-refractivity contribution in [3.05, 3.63) is 0 Å². The fourth-order valence-corrected chi connectivity index (χ4v) is 0. The largest absolute Gasteiger partial charge is 1.00 e. The van der Waals surface area contributed by atoms with Crippen molar-refractivity contribution in [1.82, 2.24) is 0 Å². The van der Waals surface area contributed by atoms with Gasteiger partial charge in [-0.25, -0.2) is 31.6 Å². The normalized spacial score (nSPS) is 0.800. The maximum Gasteiger partial charge on any atom is 1.00 e. The molecule has 0 aliphatic heterocycles. The molecular formula is C6H8FeKN6Na. The first-order valence-corrected chi connectivity index (χ1v) is 1.55. The van der Waals surface area contributed by atoms with Crippen LogP contribution in [0.3, 0.4) is 0 Å². The molecule has 0 saturated heterocycles. The molecule has 0 N–H and O–H groups in total. The summed E-state index contributed by atoms with van der Waals surface area (Å²) in [5.41, 5.74) is 0. The second-order valence-corrected chi connectivity index (χ2v) is 0. The summed E-state index contributed by atoms with van der Waals surface area (Å²) < 4.78 is 0. The maximum atomic E-state index is 6.50. The first kappa shape index (κ1) is 80.7. The Morgan fingerprint density at radius 3 is 0.467 bits per heavy atom. The van der Waals surface area contributed by atoms with Gasteiger partial charge < -0.3 is 2.85 Å². The maximum absolute atomic E-state index is 6.50. The van der Waals surface area contributed by atoms with Gasteiger partial charge in [-0.05, 0) is 0 Å². The van der Waals surface area contributed by atoms with Crippen LogP contribution in [0.25, 0.3) is 0 Å². The Balaban J connectivity index is -0.00000000267. The average Bonchev–Trinajstić information content (AvgIpc) is 2.33. The molecule has 0 aromatic rings. The summed E-state index contributed by atoms with van der Waals surface area (Å²) in [6, 6.07) is 0. The van der Waals surface area contributed by atoms with Crippen LogP contribution in [-0.2, 0) is 17.1 Å². The van der Waals surface area contributed by atoms with Crippen molar-refractivity contribution in [3.8, 4) is 39.4 Å². The zero-order valence-electron chi connectivity index (χ0n) is 10.5. The van der Waals surface area contributed by atoms with E-state index in [4.69, 9.17) is 31.6 Å². The molecule has 0 heterocycles. The minimum Gasteiger partial charge on any atom is -1.00 e. The summed E-state index contributed by atoms with van der Waals surface area (Å²) >= 11 is 0. The van der Waals surface area contributed by atoms with Crippen LogP contribution < -0.4 is 80.9 Å². The van der Waals surface area contributed by atoms with Crippen molar-refractivity contribution in [1.29, 1.82) is 31.6 Å². The predicted octanol–water partition coefficient (Wildman–Crippen LogP) is -4.93. The molecule has 0 atom stereocenters. The van der Waals surface area contributed by atoms with Crippen LogP contribution in [-0.4, -0.2) is 0 Å². The summed E-state index contributed by atoms with van der Waals surface area (Å²) in [5, 5.41) is 39.0. The molecule has 0 aromatic carbocycles. The Morgan fingerprint density at radius 2 is 0.467 bits per heavy atom. The molecule has 0 aliphatic carbocycles. The van der Waals surface area contributed by atoms with E-state index in [2.05, 4.69) is 39.4 Å². The Labute approximate surface area is 169 Å². The molecule has 0 fully saturated rings. The van der Waals surface area contributed by atoms with Crippen molar-refractivity contribution in [2.45, 2.75) is 0 Å². The SMILES string of the molecule is C#N.C#N.C#N.C#N.C#N.C#N.[Fe].[H-].[H-].[K+].[Na+]. The van der Waals surface area contributed by atoms with Gasteiger partial charge in [-0.1, -0.05) is 0 Å². The van der Waals surface area contributed by atoms with E-state index in [1.54, 1.807) is 0 Å². The third-order valence-electron chi connectivity index (χ3n) is 0. The Hall–Kier alpha value is 0.0958. The molecule has 0 spiro atoms. The number of nitriles is 6. The number of hydrogen-bond acceptors (Lipinski definition) is 6. The van der Waals surface area contributed by atoms with Gasteiger partial charge >= 0.3 is 80.9 Å². The molecule has 9 heteroatoms. The van der Waals surface area contributed by atoms with Gasteiger partial charge in [0.05, 0.1) is 0 Å². The van der Waals surface area contributed by atoms with Gasteiger partial charge in [0.25, 0.3) is 0 Å². The second-order valence-electron chi connectivity index (χ2n) is 0. The summed E-state index contributed by atoms with van der Waals surface area (Å²) in [4.78, 5) is 0. The Bertz CT molecular complexity index is 112. The standard InChI is InChI=1S/6CHN.Fe.K.Na.2H/c6*1-2;;;;;/h6*1H;;;;;/q;;;;;;;2*+1;2*-1. The van der Waals surface area contributed by atoms with E-state index in [0.29, 0.717) is 0 Å². The summed E-state index contributed by atoms with van der Waals surface area (Å²) in [5.74, 6) is 0. The van der Waals surface area contributed by atoms with Gasteiger partial charge in [0.1, 0.15) is 0 Å². The van der Waals surface area contributed by atoms with E-state index in [-0.39, 0.29) is 101 Å². The molecule has 0 unspecified atom stereocenters. The summed E-state index contributed by atoms with van der Waals surface area (Å²) in [6.45, 7) is 21.0. The molecule has 0 saturated carbocycles. The van der Waals surface area contributed by atoms with Crippen molar-refractivity contribution in [2.24, 2.45) is 0 Å². The average molecular weight is 282 g/mol. The molecule has 0 rings (SSSR count). The minimum atomic E-state index is 0. The predicted molar refractivity (Wildman–Crippen MR) is 42.2 cm³/mol. The molecule has 0 amide bonds. The quantitative estimate of drug-likeness (QED) is 0.407. The van der Waals surface area contributed by atoms with Crippen molar-refractivity contribution < 1.29 is 101 Å². The monoisotopic (exact) mass is 282 g/mol. The van der Waals surface area contributed by atoms with Gasteiger partial charge in [0, 0.05) is 56.5 Å². The van der Waals surface area contributed by atoms with E-state index >= 15 is 0 Å². The molecule has 6 nitrogen and oxygen atoms in total. The molecule has 0 aliphatic rings. The van der Waals surface area contributed by atoms with Gasteiger partial charge in [-0.15, -0.1) is 0 Å². The molecule has 72 valence electrons. The fourth-order valence-electron chi connectivity index (χ4n) is 0. The summed E-state index contributed by atoms with van der Waals surface area (Å²) in [7, 11) is 0. The van der Waals surface area contributed by atoms with Crippen molar-refractivity contribution >= 4 is 0 Å². The van der Waals surface area contributed by atoms with Crippen LogP contribution >= 0.6 is 0 Å². The molecule has 0 bridgehead atoms. The molecule has 15 heavy (non-hydrogen) atoms. The van der Waals surface area contributed by atoms with E-state index < -0.39 is 0 Å². The van der Waals surface area contributed by atoms with E-state index in [1.165, 1.54) is 0 Å². The van der Waals surface area contributed by atoms with Gasteiger partial charge in [-0.2, -0.15) is 0 Å². The van der Waals surface area contributed by atoms with Crippen LogP contribution in [0.2, 0.25) is 0 Å². The number of hydrogen-bond donors (Lipinski definition) is 0. The van der Waals surface area contributed by atoms with Crippen molar-refractivity contribution in [3.63, 3.8) is 0 Å². The van der Waals surface area contributed by atoms with E-state index in [1.807, 2.05) is 0 Å². The zero-order chi connectivity index (χ0) is 12.0. The van der Waals surface area contributed by atoms with Crippen LogP contribution in [0.1, 0.15) is 2.85 Å². The topological polar surface area (TPSA) is 143 Å². The van der Waals surface area contributed by atoms with E-state index in [0.717, 1.165) is 0 Å². The fraction of sp³-hybridized carbons (Fsp3) is 0. The van der Waals surface area contributed by atoms with Crippen LogP contribution in [0.5, 0.6) is 0 Å². The number of rotatable bonds is 0. The van der Waals surface area contributed by atoms with Crippen LogP contribution in [0.15, 0.2) is 0 Å². The van der Waals surface area contributed by atoms with Crippen molar-refractivity contribution in [2.75, 3.05) is 0 Å². The number of nitrogens with zero attached hydrogens (tertiary/aromatic N) is 6. The molecule has 0 aromatic heterocycles. The Kier molecular flexibility index (Phi) is 1420000. The van der Waals surface area contributed by atoms with E-state index in [9.17, 15) is 0 Å². The smallest absolute Gasteiger partial charge is 1.00 e. The van der Waals surface area contributed by atoms with Gasteiger partial charge in [0.15, 0.2) is 0 Å². The van der Waals surface area contributed by atoms with Crippen LogP contribution in [0.4, 0.5) is 0 Å². The minimum absolute atomic E-state index is 0. The molecular weight excluding hydrogens is 274 g/mol. The zero-order valence-corrected chi connectivity index (χ0v) is 14.7. The Morgan fingerprint density at radius 1 is 0.467 bits per heavy atom. The van der Waals surface area contributed by atoms with Crippen LogP contribution in [0, 0.1) is 71.0 Å². The second kappa shape index (κ2) is 263000. The third kappa shape index (κ3) is 225000. The first-order valence-electron chi connectivity index (χ1n) is 1.55. The van der Waals surface area contributed by atoms with Gasteiger partial charge in [0.2, 0.25) is 0 Å². The molecule has 0 radical (unpaired) electrons. The first-order chi connectivity index (χ1) is 6.00. The summed E-state index contributed by atoms with van der Waals surface area (Å²) in [6.07, 6.45) is 0.